The Kier molecular flexibility index (Phi) is 2.97. The van der Waals surface area contributed by atoms with Gasteiger partial charge in [-0.1, -0.05) is 6.92 Å². The quantitative estimate of drug-likeness (QED) is 0.855. The van der Waals surface area contributed by atoms with E-state index in [0.29, 0.717) is 5.52 Å². The molecule has 19 heavy (non-hydrogen) atoms. The van der Waals surface area contributed by atoms with Crippen LogP contribution in [0.3, 0.4) is 0 Å². The highest BCUT2D eigenvalue weighted by atomic mass is 19.1. The molecule has 1 aromatic heterocycles. The Bertz CT molecular complexity index is 633. The van der Waals surface area contributed by atoms with Crippen molar-refractivity contribution in [3.63, 3.8) is 0 Å². The Balaban J connectivity index is 2.31. The lowest BCUT2D eigenvalue weighted by Crippen LogP contribution is -2.21. The average Bonchev–Trinajstić information content (AvgIpc) is 2.54. The highest BCUT2D eigenvalue weighted by Gasteiger charge is 2.21. The third-order valence-corrected chi connectivity index (χ3v) is 4.11. The largest absolute Gasteiger partial charge is 0.508 e. The molecule has 1 N–H and O–H groups in total. The highest BCUT2D eigenvalue weighted by molar-refractivity contribution is 5.87. The molecule has 0 saturated carbocycles. The third kappa shape index (κ3) is 1.91. The summed E-state index contributed by atoms with van der Waals surface area (Å²) in [4.78, 5) is 2.27. The molecule has 4 heteroatoms. The summed E-state index contributed by atoms with van der Waals surface area (Å²) in [6.07, 6.45) is 1.81. The van der Waals surface area contributed by atoms with Crippen molar-refractivity contribution >= 4 is 10.9 Å². The number of phenolic OH excluding ortho intramolecular Hbond substituents is 1. The van der Waals surface area contributed by atoms with E-state index in [1.54, 1.807) is 6.07 Å². The molecule has 0 fully saturated rings. The number of phenols is 1. The van der Waals surface area contributed by atoms with Gasteiger partial charge in [-0.25, -0.2) is 4.39 Å². The standard InChI is InChI=1S/C15H19FN2O/c1-3-11-12-8-10(19)9-13(16)15(12)18-7-6-17(2)5-4-14(11)18/h8-9,19H,3-7H2,1-2H3. The van der Waals surface area contributed by atoms with Gasteiger partial charge in [0.25, 0.3) is 0 Å². The maximum absolute atomic E-state index is 14.2. The third-order valence-electron chi connectivity index (χ3n) is 4.11. The average molecular weight is 262 g/mol. The minimum Gasteiger partial charge on any atom is -0.508 e. The van der Waals surface area contributed by atoms with Gasteiger partial charge in [-0.05, 0) is 25.1 Å². The summed E-state index contributed by atoms with van der Waals surface area (Å²) in [7, 11) is 2.10. The first-order valence-electron chi connectivity index (χ1n) is 6.82. The topological polar surface area (TPSA) is 28.4 Å². The van der Waals surface area contributed by atoms with Crippen LogP contribution in [0.1, 0.15) is 18.2 Å². The van der Waals surface area contributed by atoms with Crippen LogP contribution < -0.4 is 0 Å². The monoisotopic (exact) mass is 262 g/mol. The molecule has 1 aliphatic rings. The van der Waals surface area contributed by atoms with Gasteiger partial charge in [0.05, 0.1) is 5.52 Å². The number of rotatable bonds is 1. The van der Waals surface area contributed by atoms with Crippen LogP contribution in [0, 0.1) is 5.82 Å². The molecule has 0 atom stereocenters. The molecular weight excluding hydrogens is 243 g/mol. The van der Waals surface area contributed by atoms with Gasteiger partial charge in [0.15, 0.2) is 5.82 Å². The molecule has 2 aromatic rings. The molecule has 0 bridgehead atoms. The van der Waals surface area contributed by atoms with Crippen LogP contribution >= 0.6 is 0 Å². The Morgan fingerprint density at radius 2 is 2.05 bits per heavy atom. The minimum absolute atomic E-state index is 0.0116. The first-order chi connectivity index (χ1) is 9.11. The zero-order valence-corrected chi connectivity index (χ0v) is 11.4. The second-order valence-corrected chi connectivity index (χ2v) is 5.31. The highest BCUT2D eigenvalue weighted by Crippen LogP contribution is 2.33. The predicted octanol–water partition coefficient (Wildman–Crippen LogP) is 2.54. The molecule has 0 saturated heterocycles. The summed E-state index contributed by atoms with van der Waals surface area (Å²) in [5.41, 5.74) is 3.06. The summed E-state index contributed by atoms with van der Waals surface area (Å²) in [5, 5.41) is 10.5. The molecule has 2 heterocycles. The van der Waals surface area contributed by atoms with E-state index < -0.39 is 0 Å². The van der Waals surface area contributed by atoms with Gasteiger partial charge >= 0.3 is 0 Å². The number of benzene rings is 1. The van der Waals surface area contributed by atoms with Crippen molar-refractivity contribution in [2.75, 3.05) is 20.1 Å². The number of nitrogens with zero attached hydrogens (tertiary/aromatic N) is 2. The molecule has 0 amide bonds. The Morgan fingerprint density at radius 1 is 1.26 bits per heavy atom. The van der Waals surface area contributed by atoms with Crippen molar-refractivity contribution in [3.05, 3.63) is 29.2 Å². The fourth-order valence-corrected chi connectivity index (χ4v) is 3.15. The van der Waals surface area contributed by atoms with Crippen LogP contribution in [-0.2, 0) is 19.4 Å². The van der Waals surface area contributed by atoms with E-state index >= 15 is 0 Å². The fourth-order valence-electron chi connectivity index (χ4n) is 3.15. The Labute approximate surface area is 112 Å². The molecular formula is C15H19FN2O. The minimum atomic E-state index is -0.319. The van der Waals surface area contributed by atoms with Gasteiger partial charge in [0.1, 0.15) is 5.75 Å². The number of hydrogen-bond donors (Lipinski definition) is 1. The zero-order chi connectivity index (χ0) is 13.6. The SMILES string of the molecule is CCc1c2n(c3c(F)cc(O)cc13)CCN(C)CC2. The first-order valence-corrected chi connectivity index (χ1v) is 6.82. The van der Waals surface area contributed by atoms with Crippen LogP contribution in [0.2, 0.25) is 0 Å². The zero-order valence-electron chi connectivity index (χ0n) is 11.4. The number of hydrogen-bond acceptors (Lipinski definition) is 2. The van der Waals surface area contributed by atoms with Crippen molar-refractivity contribution in [2.45, 2.75) is 26.3 Å². The lowest BCUT2D eigenvalue weighted by Gasteiger charge is -2.12. The Morgan fingerprint density at radius 3 is 2.79 bits per heavy atom. The van der Waals surface area contributed by atoms with E-state index in [1.807, 2.05) is 0 Å². The van der Waals surface area contributed by atoms with E-state index in [9.17, 15) is 9.50 Å². The molecule has 3 nitrogen and oxygen atoms in total. The van der Waals surface area contributed by atoms with E-state index in [4.69, 9.17) is 0 Å². The number of halogens is 1. The number of aryl methyl sites for hydroxylation is 1. The molecule has 1 aliphatic heterocycles. The van der Waals surface area contributed by atoms with Gasteiger partial charge < -0.3 is 14.6 Å². The van der Waals surface area contributed by atoms with E-state index in [1.165, 1.54) is 17.3 Å². The van der Waals surface area contributed by atoms with Gasteiger partial charge in [-0.15, -0.1) is 0 Å². The van der Waals surface area contributed by atoms with Crippen LogP contribution in [0.5, 0.6) is 5.75 Å². The van der Waals surface area contributed by atoms with E-state index in [-0.39, 0.29) is 11.6 Å². The van der Waals surface area contributed by atoms with Crippen molar-refractivity contribution in [1.82, 2.24) is 9.47 Å². The number of aromatic nitrogens is 1. The van der Waals surface area contributed by atoms with Gasteiger partial charge in [-0.2, -0.15) is 0 Å². The smallest absolute Gasteiger partial charge is 0.151 e. The summed E-state index contributed by atoms with van der Waals surface area (Å²) in [6, 6.07) is 2.91. The van der Waals surface area contributed by atoms with Gasteiger partial charge in [0, 0.05) is 43.2 Å². The maximum Gasteiger partial charge on any atom is 0.151 e. The molecule has 0 aliphatic carbocycles. The molecule has 0 spiro atoms. The molecule has 3 rings (SSSR count). The summed E-state index contributed by atoms with van der Waals surface area (Å²) in [5.74, 6) is -0.307. The summed E-state index contributed by atoms with van der Waals surface area (Å²) >= 11 is 0. The van der Waals surface area contributed by atoms with E-state index in [2.05, 4.69) is 23.4 Å². The summed E-state index contributed by atoms with van der Waals surface area (Å²) in [6.45, 7) is 4.83. The second-order valence-electron chi connectivity index (χ2n) is 5.31. The lowest BCUT2D eigenvalue weighted by molar-refractivity contribution is 0.342. The predicted molar refractivity (Wildman–Crippen MR) is 74.1 cm³/mol. The molecule has 0 unspecified atom stereocenters. The van der Waals surface area contributed by atoms with Gasteiger partial charge in [-0.3, -0.25) is 0 Å². The second kappa shape index (κ2) is 4.53. The van der Waals surface area contributed by atoms with Crippen molar-refractivity contribution in [3.8, 4) is 5.75 Å². The maximum atomic E-state index is 14.2. The molecule has 0 radical (unpaired) electrons. The van der Waals surface area contributed by atoms with Crippen LogP contribution in [0.15, 0.2) is 12.1 Å². The van der Waals surface area contributed by atoms with Crippen molar-refractivity contribution in [2.24, 2.45) is 0 Å². The molecule has 102 valence electrons. The Hall–Kier alpha value is -1.55. The van der Waals surface area contributed by atoms with Gasteiger partial charge in [0.2, 0.25) is 0 Å². The van der Waals surface area contributed by atoms with Crippen LogP contribution in [0.4, 0.5) is 4.39 Å². The lowest BCUT2D eigenvalue weighted by atomic mass is 10.1. The first kappa shape index (κ1) is 12.5. The fraction of sp³-hybridized carbons (Fsp3) is 0.467. The number of fused-ring (bicyclic) bond motifs is 3. The summed E-state index contributed by atoms with van der Waals surface area (Å²) < 4.78 is 16.3. The van der Waals surface area contributed by atoms with Crippen LogP contribution in [0.25, 0.3) is 10.9 Å². The number of aromatic hydroxyl groups is 1. The van der Waals surface area contributed by atoms with Crippen molar-refractivity contribution in [1.29, 1.82) is 0 Å². The normalized spacial score (nSPS) is 16.6. The van der Waals surface area contributed by atoms with E-state index in [0.717, 1.165) is 37.9 Å². The van der Waals surface area contributed by atoms with Crippen molar-refractivity contribution < 1.29 is 9.50 Å². The van der Waals surface area contributed by atoms with Crippen LogP contribution in [-0.4, -0.2) is 34.7 Å². The number of likely N-dealkylation sites (N-methyl/N-ethyl adjacent to an activating group) is 1. The molecule has 1 aromatic carbocycles.